The first-order valence-corrected chi connectivity index (χ1v) is 8.47. The maximum absolute atomic E-state index is 11.0. The number of likely N-dealkylation sites (N-methyl/N-ethyl adjacent to an activating group) is 1. The molecule has 0 saturated carbocycles. The SMILES string of the molecule is COc1cc2c3c(c1O)-c1c(ccc(OC)c1OC)CC3N(C)CC2.Cl.O. The molecule has 0 bridgehead atoms. The van der Waals surface area contributed by atoms with Crippen LogP contribution in [0.1, 0.15) is 22.7 Å². The molecule has 0 spiro atoms. The highest BCUT2D eigenvalue weighted by atomic mass is 35.5. The number of benzene rings is 2. The minimum atomic E-state index is 0. The third-order valence-electron chi connectivity index (χ3n) is 5.51. The van der Waals surface area contributed by atoms with E-state index in [1.54, 1.807) is 21.3 Å². The van der Waals surface area contributed by atoms with E-state index >= 15 is 0 Å². The number of methoxy groups -OCH3 is 3. The smallest absolute Gasteiger partial charge is 0.168 e. The van der Waals surface area contributed by atoms with Crippen LogP contribution in [0.25, 0.3) is 11.1 Å². The van der Waals surface area contributed by atoms with E-state index < -0.39 is 0 Å². The zero-order valence-electron chi connectivity index (χ0n) is 16.0. The lowest BCUT2D eigenvalue weighted by molar-refractivity contribution is 0.226. The number of fused-ring (bicyclic) bond motifs is 2. The molecule has 2 aromatic rings. The summed E-state index contributed by atoms with van der Waals surface area (Å²) in [5.74, 6) is 2.01. The number of ether oxygens (including phenoxy) is 3. The van der Waals surface area contributed by atoms with Crippen LogP contribution >= 0.6 is 12.4 Å². The molecule has 3 N–H and O–H groups in total. The zero-order valence-corrected chi connectivity index (χ0v) is 16.8. The standard InChI is InChI=1S/C20H23NO4.ClH.H2O/c1-21-8-7-12-10-15(24-3)19(22)18-16(12)13(21)9-11-5-6-14(23-2)20(25-4)17(11)18;;/h5-6,10,13,22H,7-9H2,1-4H3;1H;1H2. The second-order valence-electron chi connectivity index (χ2n) is 6.66. The highest BCUT2D eigenvalue weighted by Crippen LogP contribution is 2.55. The summed E-state index contributed by atoms with van der Waals surface area (Å²) in [6, 6.07) is 6.23. The predicted molar refractivity (Wildman–Crippen MR) is 107 cm³/mol. The number of phenols is 1. The number of aromatic hydroxyl groups is 1. The fraction of sp³-hybridized carbons (Fsp3) is 0.400. The Morgan fingerprint density at radius 1 is 1.00 bits per heavy atom. The minimum Gasteiger partial charge on any atom is -0.504 e. The molecule has 2 aliphatic rings. The Labute approximate surface area is 165 Å². The van der Waals surface area contributed by atoms with E-state index in [0.717, 1.165) is 36.1 Å². The fourth-order valence-electron chi connectivity index (χ4n) is 4.26. The van der Waals surface area contributed by atoms with Crippen LogP contribution in [0.5, 0.6) is 23.0 Å². The normalized spacial score (nSPS) is 17.0. The van der Waals surface area contributed by atoms with Crippen molar-refractivity contribution in [3.05, 3.63) is 34.9 Å². The van der Waals surface area contributed by atoms with Crippen LogP contribution in [0.3, 0.4) is 0 Å². The van der Waals surface area contributed by atoms with Crippen LogP contribution in [0, 0.1) is 0 Å². The average molecular weight is 396 g/mol. The lowest BCUT2D eigenvalue weighted by Crippen LogP contribution is -2.35. The number of halogens is 1. The first-order valence-electron chi connectivity index (χ1n) is 8.47. The Hall–Kier alpha value is -2.15. The van der Waals surface area contributed by atoms with Crippen LogP contribution in [0.15, 0.2) is 18.2 Å². The molecule has 1 aliphatic heterocycles. The largest absolute Gasteiger partial charge is 0.504 e. The van der Waals surface area contributed by atoms with E-state index in [1.807, 2.05) is 12.1 Å². The molecule has 6 nitrogen and oxygen atoms in total. The van der Waals surface area contributed by atoms with Crippen LogP contribution < -0.4 is 14.2 Å². The molecule has 1 atom stereocenters. The third-order valence-corrected chi connectivity index (χ3v) is 5.51. The number of nitrogens with zero attached hydrogens (tertiary/aromatic N) is 1. The van der Waals surface area contributed by atoms with Gasteiger partial charge in [-0.3, -0.25) is 4.90 Å². The van der Waals surface area contributed by atoms with E-state index in [0.29, 0.717) is 17.2 Å². The quantitative estimate of drug-likeness (QED) is 0.864. The van der Waals surface area contributed by atoms with Crippen molar-refractivity contribution in [2.45, 2.75) is 18.9 Å². The number of rotatable bonds is 3. The van der Waals surface area contributed by atoms with Crippen LogP contribution in [-0.4, -0.2) is 50.4 Å². The monoisotopic (exact) mass is 395 g/mol. The topological polar surface area (TPSA) is 82.7 Å². The first kappa shape index (κ1) is 21.2. The van der Waals surface area contributed by atoms with Gasteiger partial charge in [-0.25, -0.2) is 0 Å². The molecule has 0 radical (unpaired) electrons. The van der Waals surface area contributed by atoms with Crippen LogP contribution in [-0.2, 0) is 12.8 Å². The second kappa shape index (κ2) is 7.84. The van der Waals surface area contributed by atoms with Crippen molar-refractivity contribution in [2.75, 3.05) is 34.9 Å². The Morgan fingerprint density at radius 2 is 1.70 bits per heavy atom. The summed E-state index contributed by atoms with van der Waals surface area (Å²) in [6.07, 6.45) is 1.82. The number of phenolic OH excluding ortho intramolecular Hbond substituents is 1. The molecular formula is C20H26ClNO5. The molecule has 0 aromatic heterocycles. The molecule has 1 unspecified atom stereocenters. The summed E-state index contributed by atoms with van der Waals surface area (Å²) in [6.45, 7) is 0.994. The molecule has 7 heteroatoms. The van der Waals surface area contributed by atoms with Crippen molar-refractivity contribution in [1.82, 2.24) is 4.90 Å². The van der Waals surface area contributed by atoms with Gasteiger partial charge in [0.15, 0.2) is 23.0 Å². The molecule has 27 heavy (non-hydrogen) atoms. The number of hydrogen-bond acceptors (Lipinski definition) is 5. The maximum atomic E-state index is 11.0. The molecule has 2 aromatic carbocycles. The van der Waals surface area contributed by atoms with Gasteiger partial charge in [-0.1, -0.05) is 6.07 Å². The molecule has 0 fully saturated rings. The Bertz CT molecular complexity index is 855. The molecular weight excluding hydrogens is 370 g/mol. The Morgan fingerprint density at radius 3 is 2.33 bits per heavy atom. The zero-order chi connectivity index (χ0) is 17.7. The Balaban J connectivity index is 0.00000131. The molecule has 148 valence electrons. The van der Waals surface area contributed by atoms with Crippen molar-refractivity contribution in [3.8, 4) is 34.1 Å². The summed E-state index contributed by atoms with van der Waals surface area (Å²) in [5, 5.41) is 11.0. The first-order chi connectivity index (χ1) is 12.1. The van der Waals surface area contributed by atoms with Gasteiger partial charge in [0.05, 0.1) is 21.3 Å². The van der Waals surface area contributed by atoms with Crippen molar-refractivity contribution < 1.29 is 24.8 Å². The molecule has 1 heterocycles. The molecule has 4 rings (SSSR count). The maximum Gasteiger partial charge on any atom is 0.168 e. The van der Waals surface area contributed by atoms with Crippen molar-refractivity contribution in [1.29, 1.82) is 0 Å². The lowest BCUT2D eigenvalue weighted by atomic mass is 9.76. The van der Waals surface area contributed by atoms with Gasteiger partial charge in [0.25, 0.3) is 0 Å². The minimum absolute atomic E-state index is 0. The fourth-order valence-corrected chi connectivity index (χ4v) is 4.26. The van der Waals surface area contributed by atoms with Gasteiger partial charge in [-0.05, 0) is 48.7 Å². The predicted octanol–water partition coefficient (Wildman–Crippen LogP) is 2.77. The molecule has 1 aliphatic carbocycles. The summed E-state index contributed by atoms with van der Waals surface area (Å²) in [5.41, 5.74) is 5.32. The van der Waals surface area contributed by atoms with Crippen molar-refractivity contribution in [2.24, 2.45) is 0 Å². The van der Waals surface area contributed by atoms with Gasteiger partial charge in [0, 0.05) is 23.7 Å². The van der Waals surface area contributed by atoms with Crippen LogP contribution in [0.4, 0.5) is 0 Å². The molecule has 0 saturated heterocycles. The van der Waals surface area contributed by atoms with Gasteiger partial charge in [0.1, 0.15) is 0 Å². The van der Waals surface area contributed by atoms with Gasteiger partial charge in [-0.15, -0.1) is 12.4 Å². The van der Waals surface area contributed by atoms with Gasteiger partial charge in [0.2, 0.25) is 0 Å². The van der Waals surface area contributed by atoms with E-state index in [9.17, 15) is 5.11 Å². The van der Waals surface area contributed by atoms with Gasteiger partial charge in [-0.2, -0.15) is 0 Å². The molecule has 0 amide bonds. The number of hydrogen-bond donors (Lipinski definition) is 1. The van der Waals surface area contributed by atoms with E-state index in [4.69, 9.17) is 14.2 Å². The summed E-state index contributed by atoms with van der Waals surface area (Å²) in [4.78, 5) is 2.36. The van der Waals surface area contributed by atoms with Crippen LogP contribution in [0.2, 0.25) is 0 Å². The van der Waals surface area contributed by atoms with Gasteiger partial charge >= 0.3 is 0 Å². The second-order valence-corrected chi connectivity index (χ2v) is 6.66. The average Bonchev–Trinajstić information content (AvgIpc) is 2.64. The van der Waals surface area contributed by atoms with Crippen molar-refractivity contribution in [3.63, 3.8) is 0 Å². The highest BCUT2D eigenvalue weighted by Gasteiger charge is 2.37. The lowest BCUT2D eigenvalue weighted by Gasteiger charge is -2.40. The van der Waals surface area contributed by atoms with E-state index in [-0.39, 0.29) is 29.7 Å². The third kappa shape index (κ3) is 2.98. The summed E-state index contributed by atoms with van der Waals surface area (Å²) in [7, 11) is 7.00. The highest BCUT2D eigenvalue weighted by molar-refractivity contribution is 5.88. The van der Waals surface area contributed by atoms with E-state index in [2.05, 4.69) is 18.0 Å². The van der Waals surface area contributed by atoms with Crippen molar-refractivity contribution >= 4 is 12.4 Å². The summed E-state index contributed by atoms with van der Waals surface area (Å²) < 4.78 is 16.6. The summed E-state index contributed by atoms with van der Waals surface area (Å²) >= 11 is 0. The Kier molecular flexibility index (Phi) is 6.14. The van der Waals surface area contributed by atoms with Gasteiger partial charge < -0.3 is 24.8 Å². The van der Waals surface area contributed by atoms with E-state index in [1.165, 1.54) is 11.1 Å².